The van der Waals surface area contributed by atoms with Crippen molar-refractivity contribution in [3.63, 3.8) is 0 Å². The number of ether oxygens (including phenoxy) is 1. The van der Waals surface area contributed by atoms with Crippen LogP contribution in [0.25, 0.3) is 0 Å². The van der Waals surface area contributed by atoms with Gasteiger partial charge in [0, 0.05) is 0 Å². The summed E-state index contributed by atoms with van der Waals surface area (Å²) in [6.45, 7) is 0. The third kappa shape index (κ3) is 2.64. The highest BCUT2D eigenvalue weighted by Gasteiger charge is 2.32. The Morgan fingerprint density at radius 1 is 0.909 bits per heavy atom. The van der Waals surface area contributed by atoms with E-state index in [4.69, 9.17) is 27.9 Å². The van der Waals surface area contributed by atoms with Crippen LogP contribution >= 0.6 is 23.2 Å². The molecule has 2 aromatic rings. The Morgan fingerprint density at radius 2 is 1.36 bits per heavy atom. The molecule has 0 N–H and O–H groups in total. The molecule has 0 saturated carbocycles. The third-order valence-corrected chi connectivity index (χ3v) is 5.26. The number of hydrogen-bond acceptors (Lipinski definition) is 3. The summed E-state index contributed by atoms with van der Waals surface area (Å²) < 4.78 is 70.8. The minimum Gasteiger partial charge on any atom is -0.497 e. The molecule has 0 aliphatic heterocycles. The average molecular weight is 371 g/mol. The summed E-state index contributed by atoms with van der Waals surface area (Å²) in [6.07, 6.45) is 0. The summed E-state index contributed by atoms with van der Waals surface area (Å²) in [6, 6.07) is 4.74. The van der Waals surface area contributed by atoms with Crippen molar-refractivity contribution in [2.24, 2.45) is 0 Å². The Balaban J connectivity index is 2.73. The lowest BCUT2D eigenvalue weighted by Gasteiger charge is -2.11. The number of benzene rings is 2. The standard InChI is InChI=1S/C13H7Cl2F3O3S/c1-21-6-2-4-7(5-3-6)22(19,20)13-11(17)8(14)10(16)9(15)12(13)18/h2-5H,1H3. The van der Waals surface area contributed by atoms with Crippen molar-refractivity contribution in [2.75, 3.05) is 7.11 Å². The molecule has 0 aromatic heterocycles. The van der Waals surface area contributed by atoms with Crippen molar-refractivity contribution in [3.05, 3.63) is 51.8 Å². The zero-order chi connectivity index (χ0) is 16.7. The topological polar surface area (TPSA) is 43.4 Å². The van der Waals surface area contributed by atoms with Gasteiger partial charge in [-0.05, 0) is 24.3 Å². The Kier molecular flexibility index (Phi) is 4.60. The van der Waals surface area contributed by atoms with Gasteiger partial charge in [-0.3, -0.25) is 0 Å². The Bertz CT molecular complexity index is 808. The van der Waals surface area contributed by atoms with E-state index in [0.717, 1.165) is 12.1 Å². The fraction of sp³-hybridized carbons (Fsp3) is 0.0769. The van der Waals surface area contributed by atoms with Crippen LogP contribution in [0.1, 0.15) is 0 Å². The quantitative estimate of drug-likeness (QED) is 0.460. The minimum absolute atomic E-state index is 0.343. The molecule has 0 aliphatic carbocycles. The summed E-state index contributed by atoms with van der Waals surface area (Å²) in [5.41, 5.74) is 0. The van der Waals surface area contributed by atoms with E-state index in [1.165, 1.54) is 19.2 Å². The summed E-state index contributed by atoms with van der Waals surface area (Å²) in [5.74, 6) is -4.70. The fourth-order valence-electron chi connectivity index (χ4n) is 1.69. The van der Waals surface area contributed by atoms with Gasteiger partial charge >= 0.3 is 0 Å². The van der Waals surface area contributed by atoms with Gasteiger partial charge in [-0.2, -0.15) is 0 Å². The van der Waals surface area contributed by atoms with Crippen LogP contribution in [0.2, 0.25) is 10.0 Å². The maximum absolute atomic E-state index is 14.0. The molecule has 22 heavy (non-hydrogen) atoms. The maximum atomic E-state index is 14.0. The fourth-order valence-corrected chi connectivity index (χ4v) is 3.64. The number of methoxy groups -OCH3 is 1. The van der Waals surface area contributed by atoms with Gasteiger partial charge in [0.25, 0.3) is 0 Å². The monoisotopic (exact) mass is 370 g/mol. The molecule has 0 radical (unpaired) electrons. The van der Waals surface area contributed by atoms with Crippen molar-refractivity contribution in [1.82, 2.24) is 0 Å². The van der Waals surface area contributed by atoms with Gasteiger partial charge < -0.3 is 4.74 Å². The van der Waals surface area contributed by atoms with E-state index in [9.17, 15) is 21.6 Å². The van der Waals surface area contributed by atoms with Crippen LogP contribution in [0.15, 0.2) is 34.1 Å². The summed E-state index contributed by atoms with van der Waals surface area (Å²) in [4.78, 5) is -1.83. The first-order chi connectivity index (χ1) is 10.2. The largest absolute Gasteiger partial charge is 0.497 e. The van der Waals surface area contributed by atoms with Gasteiger partial charge in [0.1, 0.15) is 20.7 Å². The van der Waals surface area contributed by atoms with Crippen LogP contribution in [-0.4, -0.2) is 15.5 Å². The molecule has 2 rings (SSSR count). The molecular formula is C13H7Cl2F3O3S. The number of hydrogen-bond donors (Lipinski definition) is 0. The van der Waals surface area contributed by atoms with Crippen LogP contribution < -0.4 is 4.74 Å². The lowest BCUT2D eigenvalue weighted by atomic mass is 10.3. The number of sulfone groups is 1. The smallest absolute Gasteiger partial charge is 0.212 e. The van der Waals surface area contributed by atoms with E-state index in [1.54, 1.807) is 0 Å². The Labute approximate surface area is 134 Å². The van der Waals surface area contributed by atoms with Gasteiger partial charge in [-0.25, -0.2) is 21.6 Å². The molecule has 9 heteroatoms. The zero-order valence-electron chi connectivity index (χ0n) is 10.8. The molecule has 0 saturated heterocycles. The lowest BCUT2D eigenvalue weighted by molar-refractivity contribution is 0.414. The molecule has 118 valence electrons. The highest BCUT2D eigenvalue weighted by Crippen LogP contribution is 2.37. The van der Waals surface area contributed by atoms with Gasteiger partial charge in [-0.1, -0.05) is 23.2 Å². The van der Waals surface area contributed by atoms with Crippen molar-refractivity contribution in [2.45, 2.75) is 9.79 Å². The molecule has 0 fully saturated rings. The van der Waals surface area contributed by atoms with Crippen LogP contribution in [0.5, 0.6) is 5.75 Å². The predicted octanol–water partition coefficient (Wildman–Crippen LogP) is 4.25. The van der Waals surface area contributed by atoms with Gasteiger partial charge in [0.15, 0.2) is 17.5 Å². The molecule has 2 aromatic carbocycles. The molecular weight excluding hydrogens is 364 g/mol. The highest BCUT2D eigenvalue weighted by atomic mass is 35.5. The number of rotatable bonds is 3. The molecule has 0 heterocycles. The normalized spacial score (nSPS) is 11.5. The van der Waals surface area contributed by atoms with Gasteiger partial charge in [-0.15, -0.1) is 0 Å². The summed E-state index contributed by atoms with van der Waals surface area (Å²) in [5, 5.41) is -2.39. The third-order valence-electron chi connectivity index (χ3n) is 2.81. The summed E-state index contributed by atoms with van der Waals surface area (Å²) >= 11 is 10.6. The highest BCUT2D eigenvalue weighted by molar-refractivity contribution is 7.91. The molecule has 0 unspecified atom stereocenters. The van der Waals surface area contributed by atoms with E-state index in [-0.39, 0.29) is 0 Å². The second kappa shape index (κ2) is 5.98. The first-order valence-corrected chi connectivity index (χ1v) is 7.86. The van der Waals surface area contributed by atoms with Crippen molar-refractivity contribution >= 4 is 33.0 Å². The molecule has 0 spiro atoms. The SMILES string of the molecule is COc1ccc(S(=O)(=O)c2c(F)c(Cl)c(F)c(Cl)c2F)cc1. The first kappa shape index (κ1) is 16.9. The molecule has 0 atom stereocenters. The van der Waals surface area contributed by atoms with Crippen molar-refractivity contribution in [3.8, 4) is 5.75 Å². The molecule has 0 aliphatic rings. The number of halogens is 5. The molecule has 0 amide bonds. The van der Waals surface area contributed by atoms with E-state index < -0.39 is 47.1 Å². The molecule has 0 bridgehead atoms. The first-order valence-electron chi connectivity index (χ1n) is 5.62. The maximum Gasteiger partial charge on any atom is 0.212 e. The van der Waals surface area contributed by atoms with Gasteiger partial charge in [0.05, 0.1) is 12.0 Å². The van der Waals surface area contributed by atoms with E-state index in [0.29, 0.717) is 5.75 Å². The Hall–Kier alpha value is -1.44. The molecule has 3 nitrogen and oxygen atoms in total. The van der Waals surface area contributed by atoms with Gasteiger partial charge in [0.2, 0.25) is 9.84 Å². The van der Waals surface area contributed by atoms with Crippen LogP contribution in [0.4, 0.5) is 13.2 Å². The zero-order valence-corrected chi connectivity index (χ0v) is 13.2. The predicted molar refractivity (Wildman–Crippen MR) is 74.8 cm³/mol. The second-order valence-electron chi connectivity index (χ2n) is 4.08. The van der Waals surface area contributed by atoms with Crippen molar-refractivity contribution < 1.29 is 26.3 Å². The Morgan fingerprint density at radius 3 is 1.77 bits per heavy atom. The summed E-state index contributed by atoms with van der Waals surface area (Å²) in [7, 11) is -3.26. The van der Waals surface area contributed by atoms with E-state index in [2.05, 4.69) is 0 Å². The van der Waals surface area contributed by atoms with Crippen molar-refractivity contribution in [1.29, 1.82) is 0 Å². The van der Waals surface area contributed by atoms with E-state index >= 15 is 0 Å². The average Bonchev–Trinajstić information content (AvgIpc) is 2.51. The van der Waals surface area contributed by atoms with Crippen LogP contribution in [0.3, 0.4) is 0 Å². The van der Waals surface area contributed by atoms with Crippen LogP contribution in [0, 0.1) is 17.5 Å². The minimum atomic E-state index is -4.63. The lowest BCUT2D eigenvalue weighted by Crippen LogP contribution is -2.10. The second-order valence-corrected chi connectivity index (χ2v) is 6.72. The van der Waals surface area contributed by atoms with Crippen LogP contribution in [-0.2, 0) is 9.84 Å². The van der Waals surface area contributed by atoms with E-state index in [1.807, 2.05) is 0 Å².